The molecule has 0 radical (unpaired) electrons. The zero-order chi connectivity index (χ0) is 10.2. The average molecular weight is 198 g/mol. The fourth-order valence-electron chi connectivity index (χ4n) is 2.12. The average Bonchev–Trinajstić information content (AvgIpc) is 2.71. The fraction of sp³-hybridized carbons (Fsp3) is 0.500. The Balaban J connectivity index is 2.41. The Morgan fingerprint density at radius 1 is 1.43 bits per heavy atom. The molecular weight excluding hydrogens is 187 g/mol. The van der Waals surface area contributed by atoms with Crippen molar-refractivity contribution in [2.75, 3.05) is 0 Å². The lowest BCUT2D eigenvalue weighted by molar-refractivity contribution is -0.144. The van der Waals surface area contributed by atoms with E-state index >= 15 is 0 Å². The van der Waals surface area contributed by atoms with Crippen LogP contribution < -0.4 is 0 Å². The first-order chi connectivity index (χ1) is 6.65. The molecule has 1 saturated carbocycles. The number of hydrogen-bond acceptors (Lipinski definition) is 2. The maximum Gasteiger partial charge on any atom is 0.317 e. The van der Waals surface area contributed by atoms with Crippen molar-refractivity contribution < 1.29 is 18.7 Å². The molecule has 0 unspecified atom stereocenters. The molecule has 0 bridgehead atoms. The van der Waals surface area contributed by atoms with Gasteiger partial charge in [-0.1, -0.05) is 12.8 Å². The molecule has 0 amide bonds. The molecule has 0 atom stereocenters. The summed E-state index contributed by atoms with van der Waals surface area (Å²) in [4.78, 5) is 11.2. The van der Waals surface area contributed by atoms with Crippen LogP contribution in [0.25, 0.3) is 0 Å². The summed E-state index contributed by atoms with van der Waals surface area (Å²) in [7, 11) is 0. The summed E-state index contributed by atoms with van der Waals surface area (Å²) in [6, 6.07) is 1.88. The third kappa shape index (κ3) is 1.22. The summed E-state index contributed by atoms with van der Waals surface area (Å²) in [6.45, 7) is 0. The number of furan rings is 1. The molecule has 14 heavy (non-hydrogen) atoms. The van der Waals surface area contributed by atoms with E-state index in [1.807, 2.05) is 0 Å². The van der Waals surface area contributed by atoms with Crippen molar-refractivity contribution in [3.8, 4) is 0 Å². The van der Waals surface area contributed by atoms with Crippen LogP contribution in [0.5, 0.6) is 0 Å². The monoisotopic (exact) mass is 198 g/mol. The van der Waals surface area contributed by atoms with Gasteiger partial charge in [0, 0.05) is 6.07 Å². The van der Waals surface area contributed by atoms with Crippen LogP contribution in [-0.2, 0) is 10.2 Å². The molecule has 0 aromatic carbocycles. The first-order valence-corrected chi connectivity index (χ1v) is 4.64. The van der Waals surface area contributed by atoms with Gasteiger partial charge >= 0.3 is 5.97 Å². The van der Waals surface area contributed by atoms with Crippen molar-refractivity contribution in [2.45, 2.75) is 31.1 Å². The van der Waals surface area contributed by atoms with E-state index in [9.17, 15) is 9.18 Å². The summed E-state index contributed by atoms with van der Waals surface area (Å²) in [6.07, 6.45) is 2.79. The topological polar surface area (TPSA) is 50.4 Å². The molecule has 1 aromatic rings. The van der Waals surface area contributed by atoms with Gasteiger partial charge in [-0.3, -0.25) is 4.79 Å². The summed E-state index contributed by atoms with van der Waals surface area (Å²) in [5, 5.41) is 9.14. The van der Waals surface area contributed by atoms with E-state index in [1.54, 1.807) is 0 Å². The van der Waals surface area contributed by atoms with Crippen LogP contribution in [0.2, 0.25) is 0 Å². The number of aliphatic carboxylic acids is 1. The quantitative estimate of drug-likeness (QED) is 0.793. The predicted octanol–water partition coefficient (Wildman–Crippen LogP) is 2.32. The molecule has 0 spiro atoms. The minimum atomic E-state index is -0.982. The number of carboxylic acids is 1. The number of carboxylic acid groups (broad SMARTS) is 1. The second-order valence-electron chi connectivity index (χ2n) is 3.70. The van der Waals surface area contributed by atoms with Gasteiger partial charge in [0.2, 0.25) is 0 Å². The predicted molar refractivity (Wildman–Crippen MR) is 46.4 cm³/mol. The lowest BCUT2D eigenvalue weighted by Gasteiger charge is -2.20. The maximum absolute atomic E-state index is 12.7. The van der Waals surface area contributed by atoms with Gasteiger partial charge in [-0.25, -0.2) is 0 Å². The van der Waals surface area contributed by atoms with Crippen molar-refractivity contribution in [3.63, 3.8) is 0 Å². The maximum atomic E-state index is 12.7. The Labute approximate surface area is 80.5 Å². The molecule has 1 aliphatic rings. The Kier molecular flexibility index (Phi) is 2.06. The first-order valence-electron chi connectivity index (χ1n) is 4.64. The third-order valence-electron chi connectivity index (χ3n) is 2.91. The van der Waals surface area contributed by atoms with Gasteiger partial charge in [0.1, 0.15) is 11.2 Å². The molecular formula is C10H11FO3. The second kappa shape index (κ2) is 3.12. The standard InChI is InChI=1S/C10H11FO3/c11-8-4-3-7(14-8)10(9(12)13)5-1-2-6-10/h3-4H,1-2,5-6H2,(H,12,13). The normalized spacial score (nSPS) is 19.8. The zero-order valence-electron chi connectivity index (χ0n) is 7.62. The van der Waals surface area contributed by atoms with Crippen molar-refractivity contribution in [1.29, 1.82) is 0 Å². The SMILES string of the molecule is O=C(O)C1(c2ccc(F)o2)CCCC1. The second-order valence-corrected chi connectivity index (χ2v) is 3.70. The molecule has 0 aliphatic heterocycles. The van der Waals surface area contributed by atoms with Crippen LogP contribution in [0.15, 0.2) is 16.5 Å². The van der Waals surface area contributed by atoms with Gasteiger partial charge in [-0.05, 0) is 18.9 Å². The van der Waals surface area contributed by atoms with Gasteiger partial charge in [0.15, 0.2) is 0 Å². The van der Waals surface area contributed by atoms with Crippen LogP contribution >= 0.6 is 0 Å². The van der Waals surface area contributed by atoms with Gasteiger partial charge in [0.05, 0.1) is 0 Å². The minimum absolute atomic E-state index is 0.250. The van der Waals surface area contributed by atoms with Gasteiger partial charge in [0.25, 0.3) is 6.01 Å². The highest BCUT2D eigenvalue weighted by atomic mass is 19.1. The highest BCUT2D eigenvalue weighted by Crippen LogP contribution is 2.41. The third-order valence-corrected chi connectivity index (χ3v) is 2.91. The molecule has 1 aromatic heterocycles. The van der Waals surface area contributed by atoms with Crippen LogP contribution in [-0.4, -0.2) is 11.1 Å². The van der Waals surface area contributed by atoms with Crippen molar-refractivity contribution in [3.05, 3.63) is 23.9 Å². The fourth-order valence-corrected chi connectivity index (χ4v) is 2.12. The molecule has 1 fully saturated rings. The van der Waals surface area contributed by atoms with Crippen LogP contribution in [0.4, 0.5) is 4.39 Å². The Morgan fingerprint density at radius 3 is 2.50 bits per heavy atom. The largest absolute Gasteiger partial charge is 0.480 e. The zero-order valence-corrected chi connectivity index (χ0v) is 7.62. The highest BCUT2D eigenvalue weighted by molar-refractivity contribution is 5.80. The van der Waals surface area contributed by atoms with E-state index in [4.69, 9.17) is 9.52 Å². The first kappa shape index (κ1) is 9.24. The lowest BCUT2D eigenvalue weighted by atomic mass is 9.84. The number of hydrogen-bond donors (Lipinski definition) is 1. The molecule has 4 heteroatoms. The van der Waals surface area contributed by atoms with Gasteiger partial charge in [-0.15, -0.1) is 0 Å². The minimum Gasteiger partial charge on any atom is -0.480 e. The number of carbonyl (C=O) groups is 1. The Hall–Kier alpha value is -1.32. The summed E-state index contributed by atoms with van der Waals surface area (Å²) < 4.78 is 17.4. The molecule has 0 saturated heterocycles. The number of rotatable bonds is 2. The van der Waals surface area contributed by atoms with Crippen molar-refractivity contribution in [2.24, 2.45) is 0 Å². The van der Waals surface area contributed by atoms with E-state index in [-0.39, 0.29) is 5.76 Å². The van der Waals surface area contributed by atoms with Crippen LogP contribution in [0.1, 0.15) is 31.4 Å². The summed E-state index contributed by atoms with van der Waals surface area (Å²) in [5.74, 6) is -0.663. The lowest BCUT2D eigenvalue weighted by Crippen LogP contribution is -2.32. The summed E-state index contributed by atoms with van der Waals surface area (Å²) in [5.41, 5.74) is -0.982. The van der Waals surface area contributed by atoms with Crippen molar-refractivity contribution >= 4 is 5.97 Å². The molecule has 1 heterocycles. The molecule has 1 N–H and O–H groups in total. The van der Waals surface area contributed by atoms with E-state index in [0.717, 1.165) is 12.8 Å². The molecule has 76 valence electrons. The van der Waals surface area contributed by atoms with Crippen LogP contribution in [0.3, 0.4) is 0 Å². The van der Waals surface area contributed by atoms with Gasteiger partial charge in [-0.2, -0.15) is 4.39 Å². The van der Waals surface area contributed by atoms with Gasteiger partial charge < -0.3 is 9.52 Å². The molecule has 3 nitrogen and oxygen atoms in total. The number of halogens is 1. The van der Waals surface area contributed by atoms with E-state index < -0.39 is 17.4 Å². The van der Waals surface area contributed by atoms with Crippen LogP contribution in [0, 0.1) is 6.01 Å². The van der Waals surface area contributed by atoms with E-state index in [2.05, 4.69) is 0 Å². The molecule has 1 aliphatic carbocycles. The van der Waals surface area contributed by atoms with E-state index in [0.29, 0.717) is 12.8 Å². The Morgan fingerprint density at radius 2 is 2.07 bits per heavy atom. The highest BCUT2D eigenvalue weighted by Gasteiger charge is 2.45. The molecule has 2 rings (SSSR count). The summed E-state index contributed by atoms with van der Waals surface area (Å²) >= 11 is 0. The Bertz CT molecular complexity index is 350. The van der Waals surface area contributed by atoms with Crippen molar-refractivity contribution in [1.82, 2.24) is 0 Å². The van der Waals surface area contributed by atoms with E-state index in [1.165, 1.54) is 12.1 Å². The smallest absolute Gasteiger partial charge is 0.317 e.